The summed E-state index contributed by atoms with van der Waals surface area (Å²) in [6, 6.07) is 8.52. The Labute approximate surface area is 173 Å². The zero-order chi connectivity index (χ0) is 20.5. The molecule has 4 aromatic rings. The summed E-state index contributed by atoms with van der Waals surface area (Å²) in [5, 5.41) is 20.0. The molecule has 0 unspecified atom stereocenters. The quantitative estimate of drug-likeness (QED) is 0.532. The number of nitrogens with zero attached hydrogens (tertiary/aromatic N) is 5. The van der Waals surface area contributed by atoms with Crippen molar-refractivity contribution in [2.75, 3.05) is 5.32 Å². The maximum atomic E-state index is 10.8. The van der Waals surface area contributed by atoms with E-state index in [9.17, 15) is 9.90 Å². The second-order valence-electron chi connectivity index (χ2n) is 7.67. The summed E-state index contributed by atoms with van der Waals surface area (Å²) in [4.78, 5) is 19.8. The molecule has 8 heteroatoms. The molecule has 1 N–H and O–H groups in total. The van der Waals surface area contributed by atoms with Crippen LogP contribution in [0.2, 0.25) is 0 Å². The van der Waals surface area contributed by atoms with Crippen molar-refractivity contribution < 1.29 is 9.90 Å². The van der Waals surface area contributed by atoms with Crippen LogP contribution in [0.5, 0.6) is 0 Å². The molecule has 0 aliphatic heterocycles. The van der Waals surface area contributed by atoms with Crippen LogP contribution in [-0.2, 0) is 11.2 Å². The number of carbonyl (C=O) groups is 1. The van der Waals surface area contributed by atoms with Crippen molar-refractivity contribution in [3.8, 4) is 11.6 Å². The van der Waals surface area contributed by atoms with Crippen molar-refractivity contribution >= 4 is 22.6 Å². The Balaban J connectivity index is 1.47. The molecule has 8 nitrogen and oxygen atoms in total. The third kappa shape index (κ3) is 3.63. The van der Waals surface area contributed by atoms with Crippen LogP contribution in [0.1, 0.15) is 31.2 Å². The van der Waals surface area contributed by atoms with E-state index >= 15 is 0 Å². The number of hydrogen-bond donors (Lipinski definition) is 1. The molecule has 1 aliphatic rings. The second kappa shape index (κ2) is 7.62. The minimum absolute atomic E-state index is 0.138. The molecule has 0 bridgehead atoms. The highest BCUT2D eigenvalue weighted by Gasteiger charge is 2.15. The molecule has 1 aliphatic carbocycles. The van der Waals surface area contributed by atoms with Crippen LogP contribution in [0.25, 0.3) is 22.5 Å². The Hall–Kier alpha value is -3.68. The van der Waals surface area contributed by atoms with E-state index in [4.69, 9.17) is 0 Å². The standard InChI is InChI=1S/C22H22N6O2/c29-22(30)9-15-7-8-27(14-15)20-12-23-13-21(26-20)28-19-10-18(6-5-16(19)11-24-28)25-17-3-1-2-4-17/h5-8,10-14,17,25H,1-4,9H2,(H,29,30)/p-1. The molecule has 0 radical (unpaired) electrons. The third-order valence-electron chi connectivity index (χ3n) is 5.49. The monoisotopic (exact) mass is 401 g/mol. The number of fused-ring (bicyclic) bond motifs is 1. The Bertz CT molecular complexity index is 1210. The number of carboxylic acids is 1. The van der Waals surface area contributed by atoms with Crippen molar-refractivity contribution in [1.29, 1.82) is 0 Å². The lowest BCUT2D eigenvalue weighted by Crippen LogP contribution is -2.24. The largest absolute Gasteiger partial charge is 0.550 e. The van der Waals surface area contributed by atoms with Gasteiger partial charge in [-0.25, -0.2) is 9.67 Å². The van der Waals surface area contributed by atoms with E-state index in [1.807, 2.05) is 6.20 Å². The van der Waals surface area contributed by atoms with Gasteiger partial charge in [0, 0.05) is 41.9 Å². The van der Waals surface area contributed by atoms with Gasteiger partial charge in [0.15, 0.2) is 11.6 Å². The molecule has 1 fully saturated rings. The minimum Gasteiger partial charge on any atom is -0.550 e. The minimum atomic E-state index is -1.11. The summed E-state index contributed by atoms with van der Waals surface area (Å²) < 4.78 is 3.52. The van der Waals surface area contributed by atoms with Gasteiger partial charge in [-0.15, -0.1) is 0 Å². The fraction of sp³-hybridized carbons (Fsp3) is 0.273. The number of hydrogen-bond acceptors (Lipinski definition) is 6. The average Bonchev–Trinajstić information content (AvgIpc) is 3.48. The number of rotatable bonds is 6. The van der Waals surface area contributed by atoms with E-state index in [0.29, 0.717) is 23.2 Å². The predicted octanol–water partition coefficient (Wildman–Crippen LogP) is 2.25. The smallest absolute Gasteiger partial charge is 0.174 e. The Kier molecular flexibility index (Phi) is 4.66. The van der Waals surface area contributed by atoms with Crippen molar-refractivity contribution in [3.05, 3.63) is 60.8 Å². The van der Waals surface area contributed by atoms with Crippen LogP contribution in [0.4, 0.5) is 5.69 Å². The van der Waals surface area contributed by atoms with Crippen molar-refractivity contribution in [1.82, 2.24) is 24.3 Å². The molecule has 5 rings (SSSR count). The number of benzene rings is 1. The van der Waals surface area contributed by atoms with Gasteiger partial charge in [-0.2, -0.15) is 5.10 Å². The highest BCUT2D eigenvalue weighted by atomic mass is 16.4. The molecule has 1 saturated carbocycles. The lowest BCUT2D eigenvalue weighted by atomic mass is 10.2. The summed E-state index contributed by atoms with van der Waals surface area (Å²) in [7, 11) is 0. The third-order valence-corrected chi connectivity index (χ3v) is 5.49. The fourth-order valence-electron chi connectivity index (χ4n) is 4.02. The first-order valence-electron chi connectivity index (χ1n) is 10.1. The number of aliphatic carboxylic acids is 1. The highest BCUT2D eigenvalue weighted by molar-refractivity contribution is 5.83. The van der Waals surface area contributed by atoms with Crippen LogP contribution in [0, 0.1) is 0 Å². The van der Waals surface area contributed by atoms with Gasteiger partial charge >= 0.3 is 0 Å². The molecule has 3 heterocycles. The second-order valence-corrected chi connectivity index (χ2v) is 7.67. The fourth-order valence-corrected chi connectivity index (χ4v) is 4.02. The van der Waals surface area contributed by atoms with E-state index in [1.54, 1.807) is 40.1 Å². The van der Waals surface area contributed by atoms with Gasteiger partial charge in [0.05, 0.1) is 24.1 Å². The zero-order valence-electron chi connectivity index (χ0n) is 16.4. The van der Waals surface area contributed by atoms with Crippen LogP contribution in [-0.4, -0.2) is 36.3 Å². The summed E-state index contributed by atoms with van der Waals surface area (Å²) in [6.45, 7) is 0. The van der Waals surface area contributed by atoms with Gasteiger partial charge in [0.2, 0.25) is 0 Å². The Morgan fingerprint density at radius 2 is 1.97 bits per heavy atom. The van der Waals surface area contributed by atoms with Crippen molar-refractivity contribution in [2.24, 2.45) is 0 Å². The van der Waals surface area contributed by atoms with Crippen molar-refractivity contribution in [2.45, 2.75) is 38.1 Å². The summed E-state index contributed by atoms with van der Waals surface area (Å²) in [6.07, 6.45) is 13.4. The molecule has 152 valence electrons. The van der Waals surface area contributed by atoms with E-state index < -0.39 is 5.97 Å². The summed E-state index contributed by atoms with van der Waals surface area (Å²) in [5.74, 6) is 0.0641. The average molecular weight is 401 g/mol. The number of carboxylic acid groups (broad SMARTS) is 1. The lowest BCUT2D eigenvalue weighted by Gasteiger charge is -2.13. The van der Waals surface area contributed by atoms with E-state index in [-0.39, 0.29) is 6.42 Å². The summed E-state index contributed by atoms with van der Waals surface area (Å²) in [5.41, 5.74) is 2.68. The number of aromatic nitrogens is 5. The lowest BCUT2D eigenvalue weighted by molar-refractivity contribution is -0.304. The maximum Gasteiger partial charge on any atom is 0.174 e. The molecular weight excluding hydrogens is 380 g/mol. The molecule has 0 saturated heterocycles. The molecule has 0 atom stereocenters. The van der Waals surface area contributed by atoms with Gasteiger partial charge in [-0.3, -0.25) is 4.98 Å². The number of nitrogens with one attached hydrogen (secondary N) is 1. The van der Waals surface area contributed by atoms with Gasteiger partial charge in [-0.1, -0.05) is 12.8 Å². The Morgan fingerprint density at radius 3 is 2.80 bits per heavy atom. The summed E-state index contributed by atoms with van der Waals surface area (Å²) >= 11 is 0. The molecular formula is C22H21N6O2-. The first-order chi connectivity index (χ1) is 14.7. The van der Waals surface area contributed by atoms with Crippen LogP contribution in [0.3, 0.4) is 0 Å². The Morgan fingerprint density at radius 1 is 1.13 bits per heavy atom. The highest BCUT2D eigenvalue weighted by Crippen LogP contribution is 2.26. The van der Waals surface area contributed by atoms with Crippen molar-refractivity contribution in [3.63, 3.8) is 0 Å². The van der Waals surface area contributed by atoms with E-state index in [2.05, 4.69) is 38.6 Å². The van der Waals surface area contributed by atoms with Gasteiger partial charge in [-0.05, 0) is 42.7 Å². The number of carbonyl (C=O) groups excluding carboxylic acids is 1. The zero-order valence-corrected chi connectivity index (χ0v) is 16.4. The van der Waals surface area contributed by atoms with Crippen LogP contribution >= 0.6 is 0 Å². The first-order valence-corrected chi connectivity index (χ1v) is 10.1. The molecule has 1 aromatic carbocycles. The maximum absolute atomic E-state index is 10.8. The van der Waals surface area contributed by atoms with E-state index in [0.717, 1.165) is 16.6 Å². The van der Waals surface area contributed by atoms with Crippen LogP contribution < -0.4 is 10.4 Å². The van der Waals surface area contributed by atoms with Gasteiger partial charge in [0.1, 0.15) is 0 Å². The molecule has 0 spiro atoms. The predicted molar refractivity (Wildman–Crippen MR) is 111 cm³/mol. The first kappa shape index (κ1) is 18.4. The topological polar surface area (TPSA) is 101 Å². The van der Waals surface area contributed by atoms with Gasteiger partial charge < -0.3 is 19.8 Å². The normalized spacial score (nSPS) is 14.4. The molecule has 0 amide bonds. The number of anilines is 1. The van der Waals surface area contributed by atoms with Crippen LogP contribution in [0.15, 0.2) is 55.2 Å². The SMILES string of the molecule is O=C([O-])Cc1ccn(-c2cncc(-n3ncc4ccc(NC5CCCC5)cc43)n2)c1. The molecule has 30 heavy (non-hydrogen) atoms. The molecule has 3 aromatic heterocycles. The van der Waals surface area contributed by atoms with E-state index in [1.165, 1.54) is 25.7 Å². The van der Waals surface area contributed by atoms with Gasteiger partial charge in [0.25, 0.3) is 0 Å².